The van der Waals surface area contributed by atoms with Gasteiger partial charge in [-0.3, -0.25) is 0 Å². The van der Waals surface area contributed by atoms with E-state index >= 15 is 0 Å². The summed E-state index contributed by atoms with van der Waals surface area (Å²) in [5, 5.41) is 3.80. The molecule has 1 rings (SSSR count). The van der Waals surface area contributed by atoms with E-state index in [2.05, 4.69) is 46.9 Å². The maximum Gasteiger partial charge on any atom is 0.0655 e. The van der Waals surface area contributed by atoms with Crippen LogP contribution in [0.3, 0.4) is 0 Å². The van der Waals surface area contributed by atoms with Gasteiger partial charge in [0, 0.05) is 24.1 Å². The number of nitrogens with one attached hydrogen (secondary N) is 1. The summed E-state index contributed by atoms with van der Waals surface area (Å²) in [6.07, 6.45) is 2.83. The van der Waals surface area contributed by atoms with Gasteiger partial charge in [-0.05, 0) is 25.7 Å². The zero-order valence-electron chi connectivity index (χ0n) is 11.8. The van der Waals surface area contributed by atoms with E-state index in [9.17, 15) is 0 Å². The summed E-state index contributed by atoms with van der Waals surface area (Å²) in [5.74, 6) is 0.715. The van der Waals surface area contributed by atoms with Crippen LogP contribution in [0.2, 0.25) is 0 Å². The molecule has 1 aliphatic carbocycles. The Bertz CT molecular complexity index is 213. The van der Waals surface area contributed by atoms with Gasteiger partial charge >= 0.3 is 0 Å². The lowest BCUT2D eigenvalue weighted by Gasteiger charge is -2.53. The topological polar surface area (TPSA) is 21.3 Å². The molecule has 0 aromatic heterocycles. The third kappa shape index (κ3) is 2.78. The van der Waals surface area contributed by atoms with Crippen LogP contribution in [-0.2, 0) is 4.74 Å². The van der Waals surface area contributed by atoms with Gasteiger partial charge in [-0.25, -0.2) is 0 Å². The number of ether oxygens (including phenoxy) is 1. The SMILES string of the molecule is CCOC1CC(NC(CC)C(C)C)C1(C)C. The second-order valence-corrected chi connectivity index (χ2v) is 5.98. The Balaban J connectivity index is 2.46. The maximum atomic E-state index is 5.76. The molecule has 0 heterocycles. The molecule has 0 spiro atoms. The van der Waals surface area contributed by atoms with Gasteiger partial charge < -0.3 is 10.1 Å². The first-order chi connectivity index (χ1) is 7.43. The lowest BCUT2D eigenvalue weighted by atomic mass is 9.64. The van der Waals surface area contributed by atoms with E-state index in [1.807, 2.05) is 0 Å². The Morgan fingerprint density at radius 3 is 2.31 bits per heavy atom. The highest BCUT2D eigenvalue weighted by atomic mass is 16.5. The monoisotopic (exact) mass is 227 g/mol. The summed E-state index contributed by atoms with van der Waals surface area (Å²) < 4.78 is 5.76. The van der Waals surface area contributed by atoms with Crippen LogP contribution in [0.25, 0.3) is 0 Å². The van der Waals surface area contributed by atoms with E-state index in [1.165, 1.54) is 12.8 Å². The lowest BCUT2D eigenvalue weighted by Crippen LogP contribution is -2.63. The summed E-state index contributed by atoms with van der Waals surface area (Å²) in [6, 6.07) is 1.27. The Kier molecular flexibility index (Phi) is 4.81. The van der Waals surface area contributed by atoms with Crippen molar-refractivity contribution in [1.82, 2.24) is 5.32 Å². The van der Waals surface area contributed by atoms with Gasteiger partial charge in [-0.1, -0.05) is 34.6 Å². The van der Waals surface area contributed by atoms with Crippen LogP contribution in [0.15, 0.2) is 0 Å². The fourth-order valence-electron chi connectivity index (χ4n) is 2.69. The van der Waals surface area contributed by atoms with Crippen LogP contribution < -0.4 is 5.32 Å². The van der Waals surface area contributed by atoms with Crippen molar-refractivity contribution in [3.63, 3.8) is 0 Å². The highest BCUT2D eigenvalue weighted by Gasteiger charge is 2.49. The number of rotatable bonds is 6. The molecule has 0 amide bonds. The summed E-state index contributed by atoms with van der Waals surface area (Å²) in [7, 11) is 0. The molecule has 3 atom stereocenters. The maximum absolute atomic E-state index is 5.76. The van der Waals surface area contributed by atoms with Crippen molar-refractivity contribution in [2.75, 3.05) is 6.61 Å². The highest BCUT2D eigenvalue weighted by Crippen LogP contribution is 2.43. The van der Waals surface area contributed by atoms with Crippen molar-refractivity contribution in [3.8, 4) is 0 Å². The number of hydrogen-bond donors (Lipinski definition) is 1. The van der Waals surface area contributed by atoms with Crippen LogP contribution in [0.5, 0.6) is 0 Å². The first kappa shape index (κ1) is 14.0. The van der Waals surface area contributed by atoms with Crippen molar-refractivity contribution in [3.05, 3.63) is 0 Å². The largest absolute Gasteiger partial charge is 0.378 e. The van der Waals surface area contributed by atoms with E-state index in [0.29, 0.717) is 24.1 Å². The van der Waals surface area contributed by atoms with Gasteiger partial charge in [-0.15, -0.1) is 0 Å². The van der Waals surface area contributed by atoms with Gasteiger partial charge in [0.1, 0.15) is 0 Å². The molecule has 2 heteroatoms. The minimum atomic E-state index is 0.290. The molecule has 1 aliphatic rings. The standard InChI is InChI=1S/C14H29NO/c1-7-11(10(3)4)15-12-9-13(16-8-2)14(12,5)6/h10-13,15H,7-9H2,1-6H3. The van der Waals surface area contributed by atoms with Gasteiger partial charge in [0.05, 0.1) is 6.10 Å². The zero-order chi connectivity index (χ0) is 12.3. The predicted molar refractivity (Wildman–Crippen MR) is 69.7 cm³/mol. The minimum absolute atomic E-state index is 0.290. The molecule has 1 fully saturated rings. The summed E-state index contributed by atoms with van der Waals surface area (Å²) in [6.45, 7) is 14.4. The molecule has 96 valence electrons. The lowest BCUT2D eigenvalue weighted by molar-refractivity contribution is -0.117. The molecule has 0 aromatic rings. The van der Waals surface area contributed by atoms with Gasteiger partial charge in [0.15, 0.2) is 0 Å². The van der Waals surface area contributed by atoms with Crippen molar-refractivity contribution in [2.45, 2.75) is 72.6 Å². The van der Waals surface area contributed by atoms with Crippen LogP contribution in [0, 0.1) is 11.3 Å². The van der Waals surface area contributed by atoms with Crippen molar-refractivity contribution in [1.29, 1.82) is 0 Å². The average molecular weight is 227 g/mol. The molecule has 0 aromatic carbocycles. The molecule has 16 heavy (non-hydrogen) atoms. The molecule has 2 nitrogen and oxygen atoms in total. The fourth-order valence-corrected chi connectivity index (χ4v) is 2.69. The van der Waals surface area contributed by atoms with E-state index in [1.54, 1.807) is 0 Å². The van der Waals surface area contributed by atoms with Gasteiger partial charge in [-0.2, -0.15) is 0 Å². The quantitative estimate of drug-likeness (QED) is 0.752. The second kappa shape index (κ2) is 5.50. The Morgan fingerprint density at radius 2 is 1.94 bits per heavy atom. The highest BCUT2D eigenvalue weighted by molar-refractivity contribution is 5.03. The predicted octanol–water partition coefficient (Wildman–Crippen LogP) is 3.21. The summed E-state index contributed by atoms with van der Waals surface area (Å²) in [4.78, 5) is 0. The average Bonchev–Trinajstić information content (AvgIpc) is 2.22. The minimum Gasteiger partial charge on any atom is -0.378 e. The number of hydrogen-bond acceptors (Lipinski definition) is 2. The van der Waals surface area contributed by atoms with Gasteiger partial charge in [0.2, 0.25) is 0 Å². The Hall–Kier alpha value is -0.0800. The fraction of sp³-hybridized carbons (Fsp3) is 1.00. The summed E-state index contributed by atoms with van der Waals surface area (Å²) >= 11 is 0. The van der Waals surface area contributed by atoms with Crippen molar-refractivity contribution in [2.24, 2.45) is 11.3 Å². The van der Waals surface area contributed by atoms with E-state index in [4.69, 9.17) is 4.74 Å². The van der Waals surface area contributed by atoms with Gasteiger partial charge in [0.25, 0.3) is 0 Å². The smallest absolute Gasteiger partial charge is 0.0655 e. The molecule has 0 saturated heterocycles. The van der Waals surface area contributed by atoms with E-state index in [-0.39, 0.29) is 5.41 Å². The molecule has 3 unspecified atom stereocenters. The second-order valence-electron chi connectivity index (χ2n) is 5.98. The zero-order valence-corrected chi connectivity index (χ0v) is 11.8. The Morgan fingerprint density at radius 1 is 1.31 bits per heavy atom. The van der Waals surface area contributed by atoms with Crippen LogP contribution >= 0.6 is 0 Å². The van der Waals surface area contributed by atoms with E-state index in [0.717, 1.165) is 6.61 Å². The summed E-state index contributed by atoms with van der Waals surface area (Å²) in [5.41, 5.74) is 0.290. The Labute approximate surface area is 101 Å². The first-order valence-corrected chi connectivity index (χ1v) is 6.81. The molecule has 1 N–H and O–H groups in total. The van der Waals surface area contributed by atoms with E-state index < -0.39 is 0 Å². The molecule has 1 saturated carbocycles. The van der Waals surface area contributed by atoms with Crippen LogP contribution in [0.4, 0.5) is 0 Å². The molecule has 0 aliphatic heterocycles. The van der Waals surface area contributed by atoms with Crippen molar-refractivity contribution >= 4 is 0 Å². The van der Waals surface area contributed by atoms with Crippen molar-refractivity contribution < 1.29 is 4.74 Å². The van der Waals surface area contributed by atoms with Crippen LogP contribution in [-0.4, -0.2) is 24.8 Å². The molecule has 0 radical (unpaired) electrons. The molecular weight excluding hydrogens is 198 g/mol. The van der Waals surface area contributed by atoms with Crippen LogP contribution in [0.1, 0.15) is 54.4 Å². The molecule has 0 bridgehead atoms. The molecular formula is C14H29NO. The first-order valence-electron chi connectivity index (χ1n) is 6.81. The third-order valence-corrected chi connectivity index (χ3v) is 4.21. The third-order valence-electron chi connectivity index (χ3n) is 4.21. The normalized spacial score (nSPS) is 30.2.